The van der Waals surface area contributed by atoms with Crippen molar-refractivity contribution in [1.29, 1.82) is 0 Å². The van der Waals surface area contributed by atoms with Gasteiger partial charge in [0.05, 0.1) is 13.3 Å². The van der Waals surface area contributed by atoms with Crippen molar-refractivity contribution in [3.8, 4) is 5.75 Å². The first-order chi connectivity index (χ1) is 6.72. The lowest BCUT2D eigenvalue weighted by Crippen LogP contribution is -1.87. The van der Waals surface area contributed by atoms with Crippen LogP contribution in [0.3, 0.4) is 0 Å². The van der Waals surface area contributed by atoms with Crippen molar-refractivity contribution in [1.82, 2.24) is 9.97 Å². The van der Waals surface area contributed by atoms with Gasteiger partial charge in [-0.1, -0.05) is 13.8 Å². The number of methoxy groups -OCH3 is 1. The van der Waals surface area contributed by atoms with Crippen molar-refractivity contribution >= 4 is 11.0 Å². The molecule has 0 saturated carbocycles. The summed E-state index contributed by atoms with van der Waals surface area (Å²) in [4.78, 5) is 7.43. The molecule has 0 saturated heterocycles. The fourth-order valence-electron chi connectivity index (χ4n) is 1.59. The number of ether oxygens (including phenoxy) is 1. The average Bonchev–Trinajstić information content (AvgIpc) is 2.59. The van der Waals surface area contributed by atoms with Gasteiger partial charge in [-0.2, -0.15) is 0 Å². The van der Waals surface area contributed by atoms with E-state index in [2.05, 4.69) is 23.8 Å². The lowest BCUT2D eigenvalue weighted by Gasteiger charge is -2.03. The molecule has 2 aromatic rings. The van der Waals surface area contributed by atoms with Crippen LogP contribution in [0.15, 0.2) is 18.5 Å². The topological polar surface area (TPSA) is 37.9 Å². The van der Waals surface area contributed by atoms with Crippen LogP contribution in [0.2, 0.25) is 0 Å². The molecule has 0 spiro atoms. The molecule has 0 unspecified atom stereocenters. The summed E-state index contributed by atoms with van der Waals surface area (Å²) in [6.45, 7) is 4.34. The van der Waals surface area contributed by atoms with Gasteiger partial charge in [-0.15, -0.1) is 0 Å². The van der Waals surface area contributed by atoms with Gasteiger partial charge in [0.15, 0.2) is 0 Å². The summed E-state index contributed by atoms with van der Waals surface area (Å²) in [6, 6.07) is 2.02. The summed E-state index contributed by atoms with van der Waals surface area (Å²) in [5.74, 6) is 1.30. The van der Waals surface area contributed by atoms with Gasteiger partial charge >= 0.3 is 0 Å². The van der Waals surface area contributed by atoms with Gasteiger partial charge in [0.2, 0.25) is 0 Å². The summed E-state index contributed by atoms with van der Waals surface area (Å²) in [5, 5.41) is 1.15. The highest BCUT2D eigenvalue weighted by atomic mass is 16.5. The van der Waals surface area contributed by atoms with E-state index in [4.69, 9.17) is 4.74 Å². The first kappa shape index (κ1) is 9.06. The third kappa shape index (κ3) is 1.35. The molecule has 0 aliphatic carbocycles. The summed E-state index contributed by atoms with van der Waals surface area (Å²) < 4.78 is 5.15. The fraction of sp³-hybridized carbons (Fsp3) is 0.364. The van der Waals surface area contributed by atoms with Crippen LogP contribution in [0, 0.1) is 0 Å². The molecule has 3 nitrogen and oxygen atoms in total. The van der Waals surface area contributed by atoms with E-state index < -0.39 is 0 Å². The Morgan fingerprint density at radius 3 is 2.86 bits per heavy atom. The maximum absolute atomic E-state index is 5.15. The molecule has 2 aromatic heterocycles. The second-order valence-electron chi connectivity index (χ2n) is 3.67. The SMILES string of the molecule is COc1cnc2[nH]cc(C(C)C)c2c1. The number of rotatable bonds is 2. The number of hydrogen-bond acceptors (Lipinski definition) is 2. The Labute approximate surface area is 83.1 Å². The predicted octanol–water partition coefficient (Wildman–Crippen LogP) is 2.69. The van der Waals surface area contributed by atoms with E-state index in [9.17, 15) is 0 Å². The zero-order valence-electron chi connectivity index (χ0n) is 8.66. The van der Waals surface area contributed by atoms with Crippen molar-refractivity contribution in [3.05, 3.63) is 24.0 Å². The lowest BCUT2D eigenvalue weighted by molar-refractivity contribution is 0.413. The van der Waals surface area contributed by atoms with E-state index in [0.717, 1.165) is 16.8 Å². The third-order valence-electron chi connectivity index (χ3n) is 2.40. The van der Waals surface area contributed by atoms with Gasteiger partial charge in [0.1, 0.15) is 11.4 Å². The quantitative estimate of drug-likeness (QED) is 0.790. The zero-order valence-corrected chi connectivity index (χ0v) is 8.66. The minimum Gasteiger partial charge on any atom is -0.495 e. The van der Waals surface area contributed by atoms with Crippen molar-refractivity contribution in [2.75, 3.05) is 7.11 Å². The average molecular weight is 190 g/mol. The summed E-state index contributed by atoms with van der Waals surface area (Å²) >= 11 is 0. The summed E-state index contributed by atoms with van der Waals surface area (Å²) in [7, 11) is 1.66. The highest BCUT2D eigenvalue weighted by Crippen LogP contribution is 2.26. The van der Waals surface area contributed by atoms with E-state index in [0.29, 0.717) is 5.92 Å². The Balaban J connectivity index is 2.63. The molecule has 0 aromatic carbocycles. The van der Waals surface area contributed by atoms with Crippen LogP contribution >= 0.6 is 0 Å². The Morgan fingerprint density at radius 2 is 2.21 bits per heavy atom. The summed E-state index contributed by atoms with van der Waals surface area (Å²) in [6.07, 6.45) is 3.74. The molecular weight excluding hydrogens is 176 g/mol. The normalized spacial score (nSPS) is 11.1. The lowest BCUT2D eigenvalue weighted by atomic mass is 10.0. The van der Waals surface area contributed by atoms with E-state index in [1.54, 1.807) is 13.3 Å². The van der Waals surface area contributed by atoms with Crippen LogP contribution in [0.5, 0.6) is 5.75 Å². The number of nitrogens with one attached hydrogen (secondary N) is 1. The first-order valence-electron chi connectivity index (χ1n) is 4.73. The Kier molecular flexibility index (Phi) is 2.15. The molecule has 74 valence electrons. The molecule has 0 radical (unpaired) electrons. The predicted molar refractivity (Wildman–Crippen MR) is 56.7 cm³/mol. The van der Waals surface area contributed by atoms with Crippen LogP contribution < -0.4 is 4.74 Å². The molecule has 1 N–H and O–H groups in total. The van der Waals surface area contributed by atoms with Crippen molar-refractivity contribution in [2.45, 2.75) is 19.8 Å². The molecular formula is C11H14N2O. The van der Waals surface area contributed by atoms with Crippen molar-refractivity contribution in [3.63, 3.8) is 0 Å². The molecule has 0 aliphatic rings. The smallest absolute Gasteiger partial charge is 0.137 e. The minimum absolute atomic E-state index is 0.498. The molecule has 0 amide bonds. The standard InChI is InChI=1S/C11H14N2O/c1-7(2)10-6-13-11-9(10)4-8(14-3)5-12-11/h4-7H,1-3H3,(H,12,13). The molecule has 0 aliphatic heterocycles. The number of aromatic amines is 1. The highest BCUT2D eigenvalue weighted by Gasteiger charge is 2.08. The third-order valence-corrected chi connectivity index (χ3v) is 2.40. The fourth-order valence-corrected chi connectivity index (χ4v) is 1.59. The van der Waals surface area contributed by atoms with E-state index >= 15 is 0 Å². The second-order valence-corrected chi connectivity index (χ2v) is 3.67. The van der Waals surface area contributed by atoms with Gasteiger partial charge < -0.3 is 9.72 Å². The van der Waals surface area contributed by atoms with Crippen LogP contribution in [0.4, 0.5) is 0 Å². The van der Waals surface area contributed by atoms with E-state index in [1.165, 1.54) is 5.56 Å². The van der Waals surface area contributed by atoms with Crippen LogP contribution in [0.25, 0.3) is 11.0 Å². The number of hydrogen-bond donors (Lipinski definition) is 1. The largest absolute Gasteiger partial charge is 0.495 e. The van der Waals surface area contributed by atoms with Crippen molar-refractivity contribution < 1.29 is 4.74 Å². The van der Waals surface area contributed by atoms with Crippen molar-refractivity contribution in [2.24, 2.45) is 0 Å². The van der Waals surface area contributed by atoms with Gasteiger partial charge in [-0.05, 0) is 17.5 Å². The summed E-state index contributed by atoms with van der Waals surface area (Å²) in [5.41, 5.74) is 2.21. The molecule has 2 heterocycles. The molecule has 0 bridgehead atoms. The number of fused-ring (bicyclic) bond motifs is 1. The van der Waals surface area contributed by atoms with E-state index in [-0.39, 0.29) is 0 Å². The van der Waals surface area contributed by atoms with Gasteiger partial charge in [0, 0.05) is 11.6 Å². The Bertz CT molecular complexity index is 445. The van der Waals surface area contributed by atoms with E-state index in [1.807, 2.05) is 12.3 Å². The maximum Gasteiger partial charge on any atom is 0.137 e. The number of aromatic nitrogens is 2. The second kappa shape index (κ2) is 3.33. The molecule has 2 rings (SSSR count). The number of nitrogens with zero attached hydrogens (tertiary/aromatic N) is 1. The monoisotopic (exact) mass is 190 g/mol. The first-order valence-corrected chi connectivity index (χ1v) is 4.73. The molecule has 0 atom stereocenters. The molecule has 0 fully saturated rings. The number of pyridine rings is 1. The minimum atomic E-state index is 0.498. The highest BCUT2D eigenvalue weighted by molar-refractivity contribution is 5.81. The molecule has 3 heteroatoms. The van der Waals surface area contributed by atoms with Crippen LogP contribution in [-0.2, 0) is 0 Å². The Hall–Kier alpha value is -1.51. The van der Waals surface area contributed by atoms with Gasteiger partial charge in [-0.25, -0.2) is 4.98 Å². The molecule has 14 heavy (non-hydrogen) atoms. The van der Waals surface area contributed by atoms with Crippen LogP contribution in [0.1, 0.15) is 25.3 Å². The maximum atomic E-state index is 5.15. The van der Waals surface area contributed by atoms with Crippen LogP contribution in [-0.4, -0.2) is 17.1 Å². The van der Waals surface area contributed by atoms with Gasteiger partial charge in [-0.3, -0.25) is 0 Å². The number of H-pyrrole nitrogens is 1. The van der Waals surface area contributed by atoms with Gasteiger partial charge in [0.25, 0.3) is 0 Å². The zero-order chi connectivity index (χ0) is 10.1. The Morgan fingerprint density at radius 1 is 1.43 bits per heavy atom.